The molecule has 1 fully saturated rings. The Bertz CT molecular complexity index is 1190. The van der Waals surface area contributed by atoms with Crippen LogP contribution in [-0.2, 0) is 35.5 Å². The minimum atomic E-state index is -3.65. The number of nitrogens with zero attached hydrogens (tertiary/aromatic N) is 2. The molecule has 0 atom stereocenters. The molecule has 0 unspecified atom stereocenters. The highest BCUT2D eigenvalue weighted by Gasteiger charge is 2.28. The number of aryl methyl sites for hydroxylation is 1. The summed E-state index contributed by atoms with van der Waals surface area (Å²) in [5.74, 6) is -1.37. The summed E-state index contributed by atoms with van der Waals surface area (Å²) in [4.78, 5) is 35.3. The molecule has 1 aromatic heterocycles. The van der Waals surface area contributed by atoms with Gasteiger partial charge in [0.1, 0.15) is 4.21 Å². The largest absolute Gasteiger partial charge is 0.490 e. The van der Waals surface area contributed by atoms with Crippen molar-refractivity contribution in [2.75, 3.05) is 45.3 Å². The van der Waals surface area contributed by atoms with Crippen LogP contribution in [0.3, 0.4) is 0 Å². The fourth-order valence-corrected chi connectivity index (χ4v) is 6.05. The lowest BCUT2D eigenvalue weighted by Gasteiger charge is -2.25. The van der Waals surface area contributed by atoms with Gasteiger partial charge in [-0.05, 0) is 24.6 Å². The first kappa shape index (κ1) is 25.6. The second-order valence-electron chi connectivity index (χ2n) is 7.22. The number of amides is 1. The van der Waals surface area contributed by atoms with Gasteiger partial charge in [0, 0.05) is 35.8 Å². The molecule has 12 nitrogen and oxygen atoms in total. The predicted octanol–water partition coefficient (Wildman–Crippen LogP) is 1.72. The van der Waals surface area contributed by atoms with E-state index in [-0.39, 0.29) is 40.8 Å². The average Bonchev–Trinajstić information content (AvgIpc) is 3.28. The van der Waals surface area contributed by atoms with E-state index in [1.54, 1.807) is 6.92 Å². The van der Waals surface area contributed by atoms with Crippen molar-refractivity contribution in [3.63, 3.8) is 0 Å². The molecule has 1 N–H and O–H groups in total. The number of rotatable bonds is 9. The lowest BCUT2D eigenvalue weighted by Crippen LogP contribution is -2.40. The number of hydrogen-bond donors (Lipinski definition) is 1. The van der Waals surface area contributed by atoms with E-state index < -0.39 is 33.4 Å². The minimum absolute atomic E-state index is 0.0246. The maximum atomic E-state index is 12.7. The number of thiophene rings is 1. The topological polar surface area (TPSA) is 154 Å². The third kappa shape index (κ3) is 6.08. The lowest BCUT2D eigenvalue weighted by molar-refractivity contribution is -0.385. The molecular weight excluding hydrogens is 490 g/mol. The third-order valence-electron chi connectivity index (χ3n) is 4.88. The van der Waals surface area contributed by atoms with E-state index in [9.17, 15) is 28.1 Å². The smallest absolute Gasteiger partial charge is 0.311 e. The van der Waals surface area contributed by atoms with Gasteiger partial charge in [-0.25, -0.2) is 8.42 Å². The molecule has 1 aliphatic rings. The van der Waals surface area contributed by atoms with E-state index in [2.05, 4.69) is 5.32 Å². The molecule has 184 valence electrons. The molecule has 2 heterocycles. The van der Waals surface area contributed by atoms with E-state index in [1.807, 2.05) is 0 Å². The van der Waals surface area contributed by atoms with E-state index >= 15 is 0 Å². The van der Waals surface area contributed by atoms with Crippen molar-refractivity contribution in [1.29, 1.82) is 0 Å². The maximum Gasteiger partial charge on any atom is 0.311 e. The SMILES string of the molecule is COc1cc(NC(=O)COC(=O)Cc2ccc(S(=O)(=O)N3CCOCC3)s2)c(C)cc1[N+](=O)[O-]. The lowest BCUT2D eigenvalue weighted by atomic mass is 10.1. The number of nitro benzene ring substituents is 1. The molecule has 14 heteroatoms. The highest BCUT2D eigenvalue weighted by atomic mass is 32.2. The maximum absolute atomic E-state index is 12.7. The van der Waals surface area contributed by atoms with Crippen LogP contribution in [0.2, 0.25) is 0 Å². The number of morpholine rings is 1. The number of ether oxygens (including phenoxy) is 3. The van der Waals surface area contributed by atoms with Crippen LogP contribution in [0.4, 0.5) is 11.4 Å². The van der Waals surface area contributed by atoms with Crippen LogP contribution < -0.4 is 10.1 Å². The Labute approximate surface area is 199 Å². The number of nitrogens with one attached hydrogen (secondary N) is 1. The molecule has 0 radical (unpaired) electrons. The summed E-state index contributed by atoms with van der Waals surface area (Å²) >= 11 is 0.968. The second-order valence-corrected chi connectivity index (χ2v) is 10.6. The summed E-state index contributed by atoms with van der Waals surface area (Å²) in [7, 11) is -2.38. The molecule has 0 aliphatic carbocycles. The molecule has 1 aliphatic heterocycles. The predicted molar refractivity (Wildman–Crippen MR) is 122 cm³/mol. The van der Waals surface area contributed by atoms with Gasteiger partial charge < -0.3 is 19.5 Å². The number of anilines is 1. The Balaban J connectivity index is 1.55. The number of carbonyl (C=O) groups excluding carboxylic acids is 2. The Hall–Kier alpha value is -3.07. The van der Waals surface area contributed by atoms with Crippen LogP contribution in [0, 0.1) is 17.0 Å². The van der Waals surface area contributed by atoms with Gasteiger partial charge in [-0.1, -0.05) is 0 Å². The van der Waals surface area contributed by atoms with Gasteiger partial charge in [0.2, 0.25) is 0 Å². The second kappa shape index (κ2) is 10.9. The fourth-order valence-electron chi connectivity index (χ4n) is 3.15. The number of hydrogen-bond acceptors (Lipinski definition) is 10. The summed E-state index contributed by atoms with van der Waals surface area (Å²) < 4.78 is 42.0. The van der Waals surface area contributed by atoms with Crippen LogP contribution in [0.15, 0.2) is 28.5 Å². The molecule has 1 amide bonds. The van der Waals surface area contributed by atoms with E-state index in [0.29, 0.717) is 23.7 Å². The Morgan fingerprint density at radius 2 is 1.97 bits per heavy atom. The molecule has 0 bridgehead atoms. The van der Waals surface area contributed by atoms with E-state index in [1.165, 1.54) is 35.7 Å². The van der Waals surface area contributed by atoms with Gasteiger partial charge in [-0.15, -0.1) is 11.3 Å². The first-order valence-electron chi connectivity index (χ1n) is 10.1. The molecule has 34 heavy (non-hydrogen) atoms. The van der Waals surface area contributed by atoms with Crippen LogP contribution >= 0.6 is 11.3 Å². The number of benzene rings is 1. The molecule has 3 rings (SSSR count). The van der Waals surface area contributed by atoms with Gasteiger partial charge in [0.15, 0.2) is 12.4 Å². The summed E-state index contributed by atoms with van der Waals surface area (Å²) in [5.41, 5.74) is 0.467. The van der Waals surface area contributed by atoms with Crippen LogP contribution in [-0.4, -0.2) is 69.5 Å². The quantitative estimate of drug-likeness (QED) is 0.300. The van der Waals surface area contributed by atoms with Crippen molar-refractivity contribution in [2.45, 2.75) is 17.6 Å². The normalized spacial score (nSPS) is 14.4. The van der Waals surface area contributed by atoms with Gasteiger partial charge in [-0.2, -0.15) is 4.31 Å². The third-order valence-corrected chi connectivity index (χ3v) is 8.33. The van der Waals surface area contributed by atoms with Crippen LogP contribution in [0.5, 0.6) is 5.75 Å². The van der Waals surface area contributed by atoms with Crippen molar-refractivity contribution >= 4 is 44.6 Å². The minimum Gasteiger partial charge on any atom is -0.490 e. The van der Waals surface area contributed by atoms with Crippen molar-refractivity contribution in [3.05, 3.63) is 44.8 Å². The first-order valence-corrected chi connectivity index (χ1v) is 12.3. The molecule has 1 saturated heterocycles. The molecule has 0 saturated carbocycles. The van der Waals surface area contributed by atoms with Crippen molar-refractivity contribution in [3.8, 4) is 5.75 Å². The average molecular weight is 514 g/mol. The van der Waals surface area contributed by atoms with E-state index in [4.69, 9.17) is 14.2 Å². The number of methoxy groups -OCH3 is 1. The number of sulfonamides is 1. The van der Waals surface area contributed by atoms with Crippen molar-refractivity contribution in [2.24, 2.45) is 0 Å². The number of esters is 1. The fraction of sp³-hybridized carbons (Fsp3) is 0.400. The zero-order valence-corrected chi connectivity index (χ0v) is 20.1. The van der Waals surface area contributed by atoms with Gasteiger partial charge >= 0.3 is 11.7 Å². The number of carbonyl (C=O) groups is 2. The highest BCUT2D eigenvalue weighted by Crippen LogP contribution is 2.32. The molecular formula is C20H23N3O9S2. The molecule has 0 spiro atoms. The standard InChI is InChI=1S/C20H23N3O9S2/c1-13-9-16(23(26)27)17(30-2)11-15(13)21-18(24)12-32-19(25)10-14-3-4-20(33-14)34(28,29)22-5-7-31-8-6-22/h3-4,9,11H,5-8,10,12H2,1-2H3,(H,21,24). The summed E-state index contributed by atoms with van der Waals surface area (Å²) in [6, 6.07) is 5.55. The first-order chi connectivity index (χ1) is 16.1. The summed E-state index contributed by atoms with van der Waals surface area (Å²) in [5, 5.41) is 13.6. The highest BCUT2D eigenvalue weighted by molar-refractivity contribution is 7.91. The van der Waals surface area contributed by atoms with Gasteiger partial charge in [0.25, 0.3) is 15.9 Å². The Morgan fingerprint density at radius 1 is 1.26 bits per heavy atom. The van der Waals surface area contributed by atoms with Gasteiger partial charge in [-0.3, -0.25) is 19.7 Å². The molecule has 1 aromatic carbocycles. The van der Waals surface area contributed by atoms with Crippen LogP contribution in [0.1, 0.15) is 10.4 Å². The monoisotopic (exact) mass is 513 g/mol. The Morgan fingerprint density at radius 3 is 2.62 bits per heavy atom. The van der Waals surface area contributed by atoms with Crippen molar-refractivity contribution in [1.82, 2.24) is 4.31 Å². The van der Waals surface area contributed by atoms with E-state index in [0.717, 1.165) is 11.3 Å². The molecule has 2 aromatic rings. The zero-order chi connectivity index (χ0) is 24.9. The number of nitro groups is 1. The summed E-state index contributed by atoms with van der Waals surface area (Å²) in [6.07, 6.45) is -0.193. The van der Waals surface area contributed by atoms with Gasteiger partial charge in [0.05, 0.1) is 31.7 Å². The van der Waals surface area contributed by atoms with Crippen LogP contribution in [0.25, 0.3) is 0 Å². The zero-order valence-electron chi connectivity index (χ0n) is 18.4. The Kier molecular flexibility index (Phi) is 8.19. The summed E-state index contributed by atoms with van der Waals surface area (Å²) in [6.45, 7) is 2.20. The van der Waals surface area contributed by atoms with Crippen molar-refractivity contribution < 1.29 is 37.1 Å².